The van der Waals surface area contributed by atoms with Gasteiger partial charge in [0.05, 0.1) is 18.1 Å². The predicted octanol–water partition coefficient (Wildman–Crippen LogP) is -0.571. The first-order chi connectivity index (χ1) is 8.55. The Morgan fingerprint density at radius 2 is 1.90 bits per heavy atom. The van der Waals surface area contributed by atoms with E-state index < -0.39 is 9.84 Å². The van der Waals surface area contributed by atoms with E-state index >= 15 is 0 Å². The molecule has 6 nitrogen and oxygen atoms in total. The number of carbonyl (C=O) groups excluding carboxylic acids is 1. The average Bonchev–Trinajstić information content (AvgIpc) is 2.33. The molecule has 0 radical (unpaired) electrons. The minimum Gasteiger partial charge on any atom is -0.351 e. The zero-order chi connectivity index (χ0) is 13.0. The highest BCUT2D eigenvalue weighted by atomic mass is 35.5. The number of piperidine rings is 1. The molecule has 0 aliphatic carbocycles. The SMILES string of the molecule is Cl.Cl.O=C(CN1CCS(=O)(=O)CC1)N[C@H]1CCCNC1. The number of rotatable bonds is 3. The lowest BCUT2D eigenvalue weighted by atomic mass is 10.1. The molecule has 0 aromatic rings. The summed E-state index contributed by atoms with van der Waals surface area (Å²) in [5, 5.41) is 6.24. The van der Waals surface area contributed by atoms with Crippen LogP contribution in [0.3, 0.4) is 0 Å². The van der Waals surface area contributed by atoms with Crippen LogP contribution in [0.1, 0.15) is 12.8 Å². The van der Waals surface area contributed by atoms with E-state index in [4.69, 9.17) is 0 Å². The number of hydrogen-bond donors (Lipinski definition) is 2. The van der Waals surface area contributed by atoms with Crippen LogP contribution in [0, 0.1) is 0 Å². The number of hydrogen-bond acceptors (Lipinski definition) is 5. The normalized spacial score (nSPS) is 25.9. The zero-order valence-corrected chi connectivity index (χ0v) is 13.8. The fourth-order valence-corrected chi connectivity index (χ4v) is 3.64. The summed E-state index contributed by atoms with van der Waals surface area (Å²) >= 11 is 0. The van der Waals surface area contributed by atoms with Crippen LogP contribution in [-0.2, 0) is 14.6 Å². The Morgan fingerprint density at radius 1 is 1.25 bits per heavy atom. The summed E-state index contributed by atoms with van der Waals surface area (Å²) in [5.74, 6) is 0.347. The van der Waals surface area contributed by atoms with Gasteiger partial charge in [-0.05, 0) is 19.4 Å². The molecule has 0 unspecified atom stereocenters. The van der Waals surface area contributed by atoms with E-state index in [1.807, 2.05) is 4.90 Å². The Balaban J connectivity index is 0.00000180. The molecule has 2 aliphatic heterocycles. The van der Waals surface area contributed by atoms with Crippen LogP contribution in [0.4, 0.5) is 0 Å². The lowest BCUT2D eigenvalue weighted by Gasteiger charge is -2.28. The summed E-state index contributed by atoms with van der Waals surface area (Å²) in [6, 6.07) is 0.222. The van der Waals surface area contributed by atoms with Crippen molar-refractivity contribution < 1.29 is 13.2 Å². The fraction of sp³-hybridized carbons (Fsp3) is 0.909. The van der Waals surface area contributed by atoms with Crippen LogP contribution in [-0.4, -0.2) is 69.5 Å². The van der Waals surface area contributed by atoms with Crippen molar-refractivity contribution in [3.63, 3.8) is 0 Å². The number of nitrogens with one attached hydrogen (secondary N) is 2. The van der Waals surface area contributed by atoms with Gasteiger partial charge in [0.2, 0.25) is 5.91 Å². The largest absolute Gasteiger partial charge is 0.351 e. The molecule has 0 saturated carbocycles. The summed E-state index contributed by atoms with van der Waals surface area (Å²) in [7, 11) is -2.86. The lowest BCUT2D eigenvalue weighted by Crippen LogP contribution is -2.50. The van der Waals surface area contributed by atoms with E-state index in [0.717, 1.165) is 25.9 Å². The van der Waals surface area contributed by atoms with E-state index in [1.54, 1.807) is 0 Å². The molecule has 2 saturated heterocycles. The van der Waals surface area contributed by atoms with Crippen LogP contribution in [0.2, 0.25) is 0 Å². The predicted molar refractivity (Wildman–Crippen MR) is 83.6 cm³/mol. The molecule has 0 spiro atoms. The molecule has 0 aromatic heterocycles. The van der Waals surface area contributed by atoms with E-state index in [9.17, 15) is 13.2 Å². The summed E-state index contributed by atoms with van der Waals surface area (Å²) in [6.45, 7) is 3.11. The molecular formula is C11H23Cl2N3O3S. The van der Waals surface area contributed by atoms with Crippen molar-refractivity contribution in [1.29, 1.82) is 0 Å². The molecule has 20 heavy (non-hydrogen) atoms. The lowest BCUT2D eigenvalue weighted by molar-refractivity contribution is -0.123. The third-order valence-corrected chi connectivity index (χ3v) is 5.08. The van der Waals surface area contributed by atoms with Gasteiger partial charge in [-0.3, -0.25) is 9.69 Å². The van der Waals surface area contributed by atoms with Crippen LogP contribution < -0.4 is 10.6 Å². The average molecular weight is 348 g/mol. The van der Waals surface area contributed by atoms with Gasteiger partial charge < -0.3 is 10.6 Å². The molecule has 2 aliphatic rings. The highest BCUT2D eigenvalue weighted by Gasteiger charge is 2.23. The molecule has 2 heterocycles. The Bertz CT molecular complexity index is 386. The molecule has 1 atom stereocenters. The fourth-order valence-electron chi connectivity index (χ4n) is 2.36. The standard InChI is InChI=1S/C11H21N3O3S.2ClH/c15-11(13-10-2-1-3-12-8-10)9-14-4-6-18(16,17)7-5-14;;/h10,12H,1-9H2,(H,13,15);2*1H/t10-;;/m0../s1. The minimum atomic E-state index is -2.86. The molecule has 2 fully saturated rings. The Morgan fingerprint density at radius 3 is 2.45 bits per heavy atom. The van der Waals surface area contributed by atoms with Crippen molar-refractivity contribution in [3.05, 3.63) is 0 Å². The number of amides is 1. The van der Waals surface area contributed by atoms with Gasteiger partial charge in [0.1, 0.15) is 0 Å². The molecule has 0 bridgehead atoms. The Labute approximate surface area is 132 Å². The molecule has 120 valence electrons. The van der Waals surface area contributed by atoms with Crippen molar-refractivity contribution in [2.45, 2.75) is 18.9 Å². The van der Waals surface area contributed by atoms with Gasteiger partial charge in [0.15, 0.2) is 9.84 Å². The maximum Gasteiger partial charge on any atom is 0.234 e. The van der Waals surface area contributed by atoms with E-state index in [0.29, 0.717) is 19.6 Å². The van der Waals surface area contributed by atoms with Gasteiger partial charge in [0, 0.05) is 25.7 Å². The van der Waals surface area contributed by atoms with Crippen LogP contribution in [0.5, 0.6) is 0 Å². The highest BCUT2D eigenvalue weighted by Crippen LogP contribution is 2.04. The van der Waals surface area contributed by atoms with Crippen LogP contribution >= 0.6 is 24.8 Å². The molecule has 0 aromatic carbocycles. The molecule has 2 rings (SSSR count). The Kier molecular flexibility index (Phi) is 9.01. The highest BCUT2D eigenvalue weighted by molar-refractivity contribution is 7.91. The number of sulfone groups is 1. The topological polar surface area (TPSA) is 78.5 Å². The third-order valence-electron chi connectivity index (χ3n) is 3.47. The zero-order valence-electron chi connectivity index (χ0n) is 11.3. The van der Waals surface area contributed by atoms with Gasteiger partial charge in [-0.2, -0.15) is 0 Å². The van der Waals surface area contributed by atoms with Crippen LogP contribution in [0.15, 0.2) is 0 Å². The van der Waals surface area contributed by atoms with Gasteiger partial charge in [0.25, 0.3) is 0 Å². The molecule has 1 amide bonds. The molecular weight excluding hydrogens is 325 g/mol. The van der Waals surface area contributed by atoms with Gasteiger partial charge in [-0.15, -0.1) is 24.8 Å². The van der Waals surface area contributed by atoms with Gasteiger partial charge >= 0.3 is 0 Å². The van der Waals surface area contributed by atoms with Crippen LogP contribution in [0.25, 0.3) is 0 Å². The van der Waals surface area contributed by atoms with Crippen molar-refractivity contribution in [2.24, 2.45) is 0 Å². The van der Waals surface area contributed by atoms with Crippen molar-refractivity contribution in [2.75, 3.05) is 44.2 Å². The Hall–Kier alpha value is -0.0800. The summed E-state index contributed by atoms with van der Waals surface area (Å²) in [5.41, 5.74) is 0. The van der Waals surface area contributed by atoms with Crippen molar-refractivity contribution in [1.82, 2.24) is 15.5 Å². The second kappa shape index (κ2) is 9.04. The van der Waals surface area contributed by atoms with E-state index in [2.05, 4.69) is 10.6 Å². The van der Waals surface area contributed by atoms with E-state index in [1.165, 1.54) is 0 Å². The molecule has 9 heteroatoms. The summed E-state index contributed by atoms with van der Waals surface area (Å²) in [6.07, 6.45) is 2.11. The van der Waals surface area contributed by atoms with Crippen molar-refractivity contribution >= 4 is 40.6 Å². The number of carbonyl (C=O) groups is 1. The quantitative estimate of drug-likeness (QED) is 0.714. The number of nitrogens with zero attached hydrogens (tertiary/aromatic N) is 1. The smallest absolute Gasteiger partial charge is 0.234 e. The maximum atomic E-state index is 11.8. The number of halogens is 2. The van der Waals surface area contributed by atoms with E-state index in [-0.39, 0.29) is 48.3 Å². The summed E-state index contributed by atoms with van der Waals surface area (Å²) < 4.78 is 22.5. The first-order valence-corrected chi connectivity index (χ1v) is 8.30. The molecule has 2 N–H and O–H groups in total. The first-order valence-electron chi connectivity index (χ1n) is 6.48. The van der Waals surface area contributed by atoms with Gasteiger partial charge in [-0.25, -0.2) is 8.42 Å². The monoisotopic (exact) mass is 347 g/mol. The van der Waals surface area contributed by atoms with Gasteiger partial charge in [-0.1, -0.05) is 0 Å². The third kappa shape index (κ3) is 6.58. The second-order valence-electron chi connectivity index (χ2n) is 5.04. The van der Waals surface area contributed by atoms with Crippen molar-refractivity contribution in [3.8, 4) is 0 Å². The first kappa shape index (κ1) is 19.9. The summed E-state index contributed by atoms with van der Waals surface area (Å²) in [4.78, 5) is 13.7. The second-order valence-corrected chi connectivity index (χ2v) is 7.34. The minimum absolute atomic E-state index is 0. The maximum absolute atomic E-state index is 11.8.